The van der Waals surface area contributed by atoms with Crippen LogP contribution in [0.15, 0.2) is 54.6 Å². The van der Waals surface area contributed by atoms with Gasteiger partial charge in [-0.25, -0.2) is 0 Å². The highest BCUT2D eigenvalue weighted by molar-refractivity contribution is 5.81. The molecule has 2 rings (SSSR count). The van der Waals surface area contributed by atoms with Gasteiger partial charge in [-0.1, -0.05) is 67.9 Å². The molecule has 2 heteroatoms. The largest absolute Gasteiger partial charge is 0.481 e. The Morgan fingerprint density at radius 1 is 1.05 bits per heavy atom. The number of hydrogen-bond donors (Lipinski definition) is 1. The molecule has 0 bridgehead atoms. The van der Waals surface area contributed by atoms with E-state index in [0.29, 0.717) is 0 Å². The van der Waals surface area contributed by atoms with Crippen molar-refractivity contribution in [3.05, 3.63) is 71.3 Å². The van der Waals surface area contributed by atoms with Crippen LogP contribution in [-0.2, 0) is 11.2 Å². The predicted octanol–water partition coefficient (Wildman–Crippen LogP) is 3.86. The quantitative estimate of drug-likeness (QED) is 0.879. The van der Waals surface area contributed by atoms with Crippen molar-refractivity contribution in [2.75, 3.05) is 0 Å². The first-order chi connectivity index (χ1) is 9.24. The number of carboxylic acid groups (broad SMARTS) is 1. The highest BCUT2D eigenvalue weighted by Gasteiger charge is 2.23. The molecule has 2 nitrogen and oxygen atoms in total. The molecule has 98 valence electrons. The summed E-state index contributed by atoms with van der Waals surface area (Å²) < 4.78 is 0. The van der Waals surface area contributed by atoms with Crippen molar-refractivity contribution in [2.24, 2.45) is 0 Å². The molecule has 0 aliphatic heterocycles. The molecule has 0 aromatic heterocycles. The second-order valence-electron chi connectivity index (χ2n) is 4.63. The Kier molecular flexibility index (Phi) is 4.35. The lowest BCUT2D eigenvalue weighted by Crippen LogP contribution is -2.15. The average Bonchev–Trinajstić information content (AvgIpc) is 2.42. The van der Waals surface area contributed by atoms with E-state index >= 15 is 0 Å². The number of aliphatic carboxylic acids is 1. The van der Waals surface area contributed by atoms with Crippen molar-refractivity contribution in [1.82, 2.24) is 0 Å². The third kappa shape index (κ3) is 3.02. The van der Waals surface area contributed by atoms with Crippen LogP contribution >= 0.6 is 0 Å². The number of benzene rings is 2. The van der Waals surface area contributed by atoms with Crippen molar-refractivity contribution in [2.45, 2.75) is 25.7 Å². The van der Waals surface area contributed by atoms with E-state index in [4.69, 9.17) is 0 Å². The van der Waals surface area contributed by atoms with E-state index < -0.39 is 11.9 Å². The molecule has 1 unspecified atom stereocenters. The van der Waals surface area contributed by atoms with Crippen LogP contribution in [0.3, 0.4) is 0 Å². The third-order valence-electron chi connectivity index (χ3n) is 3.27. The smallest absolute Gasteiger partial charge is 0.315 e. The molecular formula is C17H18O2. The van der Waals surface area contributed by atoms with Gasteiger partial charge in [0.05, 0.1) is 0 Å². The van der Waals surface area contributed by atoms with Crippen molar-refractivity contribution in [1.29, 1.82) is 0 Å². The zero-order chi connectivity index (χ0) is 13.7. The van der Waals surface area contributed by atoms with Crippen molar-refractivity contribution < 1.29 is 9.90 Å². The maximum absolute atomic E-state index is 11.7. The Morgan fingerprint density at radius 2 is 1.68 bits per heavy atom. The maximum atomic E-state index is 11.7. The first-order valence-corrected chi connectivity index (χ1v) is 6.59. The van der Waals surface area contributed by atoms with Gasteiger partial charge < -0.3 is 5.11 Å². The number of aryl methyl sites for hydroxylation is 1. The van der Waals surface area contributed by atoms with Crippen LogP contribution in [0.2, 0.25) is 0 Å². The lowest BCUT2D eigenvalue weighted by atomic mass is 9.87. The summed E-state index contributed by atoms with van der Waals surface area (Å²) in [7, 11) is 0. The summed E-state index contributed by atoms with van der Waals surface area (Å²) in [4.78, 5) is 11.7. The molecular weight excluding hydrogens is 236 g/mol. The van der Waals surface area contributed by atoms with Crippen LogP contribution in [0.5, 0.6) is 0 Å². The first kappa shape index (κ1) is 13.3. The molecule has 0 fully saturated rings. The molecule has 1 atom stereocenters. The number of carbonyl (C=O) groups is 1. The Bertz CT molecular complexity index is 546. The summed E-state index contributed by atoms with van der Waals surface area (Å²) in [5, 5.41) is 9.57. The summed E-state index contributed by atoms with van der Waals surface area (Å²) >= 11 is 0. The van der Waals surface area contributed by atoms with E-state index in [1.807, 2.05) is 54.6 Å². The predicted molar refractivity (Wildman–Crippen MR) is 76.4 cm³/mol. The van der Waals surface area contributed by atoms with Gasteiger partial charge in [0.1, 0.15) is 5.92 Å². The Balaban J connectivity index is 2.49. The summed E-state index contributed by atoms with van der Waals surface area (Å²) in [5.41, 5.74) is 2.86. The van der Waals surface area contributed by atoms with E-state index in [2.05, 4.69) is 6.92 Å². The Labute approximate surface area is 113 Å². The molecule has 1 N–H and O–H groups in total. The number of rotatable bonds is 5. The molecule has 0 spiro atoms. The zero-order valence-corrected chi connectivity index (χ0v) is 11.0. The monoisotopic (exact) mass is 254 g/mol. The highest BCUT2D eigenvalue weighted by atomic mass is 16.4. The van der Waals surface area contributed by atoms with Crippen LogP contribution in [0.4, 0.5) is 0 Å². The zero-order valence-electron chi connectivity index (χ0n) is 11.0. The van der Waals surface area contributed by atoms with Crippen LogP contribution < -0.4 is 0 Å². The fraction of sp³-hybridized carbons (Fsp3) is 0.235. The summed E-state index contributed by atoms with van der Waals surface area (Å²) in [5.74, 6) is -1.38. The lowest BCUT2D eigenvalue weighted by Gasteiger charge is -2.17. The number of carboxylic acids is 1. The van der Waals surface area contributed by atoms with Crippen LogP contribution in [-0.4, -0.2) is 11.1 Å². The highest BCUT2D eigenvalue weighted by Crippen LogP contribution is 2.28. The van der Waals surface area contributed by atoms with Gasteiger partial charge in [0, 0.05) is 0 Å². The van der Waals surface area contributed by atoms with Crippen LogP contribution in [0, 0.1) is 0 Å². The first-order valence-electron chi connectivity index (χ1n) is 6.59. The van der Waals surface area contributed by atoms with Crippen molar-refractivity contribution in [3.8, 4) is 0 Å². The molecule has 0 saturated carbocycles. The fourth-order valence-electron chi connectivity index (χ4n) is 2.41. The normalized spacial score (nSPS) is 12.1. The van der Waals surface area contributed by atoms with Crippen molar-refractivity contribution >= 4 is 5.97 Å². The van der Waals surface area contributed by atoms with E-state index in [1.54, 1.807) is 0 Å². The molecule has 19 heavy (non-hydrogen) atoms. The standard InChI is InChI=1S/C17H18O2/c1-2-8-13-9-6-7-12-15(13)16(17(18)19)14-10-4-3-5-11-14/h3-7,9-12,16H,2,8H2,1H3,(H,18,19). The molecule has 0 amide bonds. The second kappa shape index (κ2) is 6.19. The summed E-state index contributed by atoms with van der Waals surface area (Å²) in [6.07, 6.45) is 1.92. The molecule has 0 saturated heterocycles. The SMILES string of the molecule is CCCc1ccccc1C(C(=O)O)c1ccccc1. The van der Waals surface area contributed by atoms with E-state index in [9.17, 15) is 9.90 Å². The van der Waals surface area contributed by atoms with E-state index in [0.717, 1.165) is 29.5 Å². The average molecular weight is 254 g/mol. The minimum absolute atomic E-state index is 0.580. The minimum Gasteiger partial charge on any atom is -0.481 e. The van der Waals surface area contributed by atoms with E-state index in [-0.39, 0.29) is 0 Å². The van der Waals surface area contributed by atoms with Crippen LogP contribution in [0.25, 0.3) is 0 Å². The fourth-order valence-corrected chi connectivity index (χ4v) is 2.41. The lowest BCUT2D eigenvalue weighted by molar-refractivity contribution is -0.137. The van der Waals surface area contributed by atoms with E-state index in [1.165, 1.54) is 0 Å². The van der Waals surface area contributed by atoms with Gasteiger partial charge in [0.25, 0.3) is 0 Å². The molecule has 0 radical (unpaired) electrons. The number of hydrogen-bond acceptors (Lipinski definition) is 1. The Morgan fingerprint density at radius 3 is 2.32 bits per heavy atom. The van der Waals surface area contributed by atoms with Gasteiger partial charge in [-0.15, -0.1) is 0 Å². The molecule has 2 aromatic carbocycles. The van der Waals surface area contributed by atoms with Gasteiger partial charge in [-0.3, -0.25) is 4.79 Å². The van der Waals surface area contributed by atoms with Gasteiger partial charge >= 0.3 is 5.97 Å². The van der Waals surface area contributed by atoms with Crippen LogP contribution in [0.1, 0.15) is 36.0 Å². The molecule has 0 aliphatic carbocycles. The second-order valence-corrected chi connectivity index (χ2v) is 4.63. The van der Waals surface area contributed by atoms with Gasteiger partial charge in [-0.2, -0.15) is 0 Å². The maximum Gasteiger partial charge on any atom is 0.315 e. The van der Waals surface area contributed by atoms with Gasteiger partial charge in [0.15, 0.2) is 0 Å². The Hall–Kier alpha value is -2.09. The van der Waals surface area contributed by atoms with Crippen molar-refractivity contribution in [3.63, 3.8) is 0 Å². The van der Waals surface area contributed by atoms with Gasteiger partial charge in [-0.05, 0) is 23.1 Å². The molecule has 0 aliphatic rings. The topological polar surface area (TPSA) is 37.3 Å². The molecule has 2 aromatic rings. The summed E-state index contributed by atoms with van der Waals surface area (Å²) in [6, 6.07) is 17.3. The van der Waals surface area contributed by atoms with Gasteiger partial charge in [0.2, 0.25) is 0 Å². The summed E-state index contributed by atoms with van der Waals surface area (Å²) in [6.45, 7) is 2.11. The minimum atomic E-state index is -0.797. The third-order valence-corrected chi connectivity index (χ3v) is 3.27. The molecule has 0 heterocycles.